The molecular weight excluding hydrogens is 348 g/mol. The van der Waals surface area contributed by atoms with Crippen LogP contribution in [0.25, 0.3) is 0 Å². The van der Waals surface area contributed by atoms with Gasteiger partial charge in [-0.15, -0.1) is 0 Å². The molecule has 0 aliphatic heterocycles. The fourth-order valence-electron chi connectivity index (χ4n) is 2.71. The number of nitro groups is 1. The molecule has 27 heavy (non-hydrogen) atoms. The van der Waals surface area contributed by atoms with Gasteiger partial charge in [0.1, 0.15) is 18.4 Å². The van der Waals surface area contributed by atoms with Crippen LogP contribution in [0.15, 0.2) is 49.1 Å². The first-order valence-corrected chi connectivity index (χ1v) is 8.53. The van der Waals surface area contributed by atoms with E-state index in [9.17, 15) is 14.9 Å². The normalized spacial score (nSPS) is 11.9. The predicted molar refractivity (Wildman–Crippen MR) is 99.3 cm³/mol. The van der Waals surface area contributed by atoms with E-state index >= 15 is 0 Å². The molecule has 3 aromatic rings. The van der Waals surface area contributed by atoms with Gasteiger partial charge in [-0.3, -0.25) is 24.3 Å². The van der Waals surface area contributed by atoms with Gasteiger partial charge >= 0.3 is 5.69 Å². The van der Waals surface area contributed by atoms with Crippen molar-refractivity contribution in [2.75, 3.05) is 5.32 Å². The van der Waals surface area contributed by atoms with E-state index in [0.717, 1.165) is 11.8 Å². The summed E-state index contributed by atoms with van der Waals surface area (Å²) in [5, 5.41) is 21.8. The van der Waals surface area contributed by atoms with E-state index in [2.05, 4.69) is 15.5 Å². The molecule has 1 amide bonds. The van der Waals surface area contributed by atoms with Crippen LogP contribution in [0.2, 0.25) is 0 Å². The van der Waals surface area contributed by atoms with E-state index in [-0.39, 0.29) is 11.6 Å². The van der Waals surface area contributed by atoms with Crippen LogP contribution in [0.3, 0.4) is 0 Å². The largest absolute Gasteiger partial charge is 0.322 e. The average Bonchev–Trinajstić information content (AvgIpc) is 3.28. The molecule has 1 N–H and O–H groups in total. The molecule has 2 aromatic heterocycles. The Morgan fingerprint density at radius 3 is 2.59 bits per heavy atom. The van der Waals surface area contributed by atoms with Crippen LogP contribution in [-0.4, -0.2) is 30.4 Å². The number of aromatic nitrogens is 4. The smallest absolute Gasteiger partial charge is 0.307 e. The topological polar surface area (TPSA) is 108 Å². The lowest BCUT2D eigenvalue weighted by Gasteiger charge is -2.14. The molecule has 140 valence electrons. The first-order valence-electron chi connectivity index (χ1n) is 8.53. The fraction of sp³-hybridized carbons (Fsp3) is 0.278. The van der Waals surface area contributed by atoms with E-state index in [1.807, 2.05) is 38.1 Å². The minimum absolute atomic E-state index is 0.146. The Morgan fingerprint density at radius 2 is 1.96 bits per heavy atom. The number of nitrogens with one attached hydrogen (secondary N) is 1. The molecule has 2 heterocycles. The minimum atomic E-state index is -0.640. The summed E-state index contributed by atoms with van der Waals surface area (Å²) in [6, 6.07) is 7.51. The summed E-state index contributed by atoms with van der Waals surface area (Å²) in [6.07, 6.45) is 6.16. The first kappa shape index (κ1) is 18.3. The van der Waals surface area contributed by atoms with E-state index in [1.54, 1.807) is 17.1 Å². The quantitative estimate of drug-likeness (QED) is 0.509. The molecule has 0 aliphatic rings. The number of carbonyl (C=O) groups excluding carboxylic acids is 1. The van der Waals surface area contributed by atoms with Crippen LogP contribution in [-0.2, 0) is 11.3 Å². The van der Waals surface area contributed by atoms with Gasteiger partial charge in [0.05, 0.1) is 23.4 Å². The lowest BCUT2D eigenvalue weighted by atomic mass is 10.1. The summed E-state index contributed by atoms with van der Waals surface area (Å²) in [5.41, 5.74) is 2.72. The maximum absolute atomic E-state index is 12.5. The highest BCUT2D eigenvalue weighted by atomic mass is 16.6. The summed E-state index contributed by atoms with van der Waals surface area (Å²) >= 11 is 0. The molecule has 1 atom stereocenters. The third kappa shape index (κ3) is 4.38. The van der Waals surface area contributed by atoms with Crippen molar-refractivity contribution in [1.82, 2.24) is 19.6 Å². The fourth-order valence-corrected chi connectivity index (χ4v) is 2.71. The Hall–Kier alpha value is -3.49. The molecule has 0 aliphatic carbocycles. The van der Waals surface area contributed by atoms with Crippen molar-refractivity contribution < 1.29 is 9.72 Å². The highest BCUT2D eigenvalue weighted by molar-refractivity contribution is 5.93. The van der Waals surface area contributed by atoms with Crippen LogP contribution in [0.4, 0.5) is 11.4 Å². The third-order valence-corrected chi connectivity index (χ3v) is 4.17. The van der Waals surface area contributed by atoms with Crippen molar-refractivity contribution in [1.29, 1.82) is 0 Å². The Labute approximate surface area is 155 Å². The van der Waals surface area contributed by atoms with E-state index in [4.69, 9.17) is 0 Å². The average molecular weight is 368 g/mol. The van der Waals surface area contributed by atoms with Gasteiger partial charge < -0.3 is 5.32 Å². The lowest BCUT2D eigenvalue weighted by molar-refractivity contribution is -0.385. The summed E-state index contributed by atoms with van der Waals surface area (Å²) in [6.45, 7) is 4.45. The highest BCUT2D eigenvalue weighted by Crippen LogP contribution is 2.18. The van der Waals surface area contributed by atoms with E-state index < -0.39 is 11.0 Å². The van der Waals surface area contributed by atoms with Gasteiger partial charge in [-0.25, -0.2) is 0 Å². The van der Waals surface area contributed by atoms with Crippen molar-refractivity contribution in [2.45, 2.75) is 32.9 Å². The molecule has 0 bridgehead atoms. The van der Waals surface area contributed by atoms with Crippen LogP contribution in [0, 0.1) is 17.0 Å². The van der Waals surface area contributed by atoms with Crippen molar-refractivity contribution in [3.05, 3.63) is 70.3 Å². The monoisotopic (exact) mass is 368 g/mol. The van der Waals surface area contributed by atoms with Gasteiger partial charge in [0, 0.05) is 6.20 Å². The molecular formula is C18H20N6O3. The number of hydrogen-bond donors (Lipinski definition) is 1. The number of aryl methyl sites for hydroxylation is 1. The predicted octanol–water partition coefficient (Wildman–Crippen LogP) is 2.93. The van der Waals surface area contributed by atoms with Crippen LogP contribution < -0.4 is 5.32 Å². The number of rotatable bonds is 7. The Balaban J connectivity index is 1.66. The number of benzene rings is 1. The number of anilines is 1. The second-order valence-corrected chi connectivity index (χ2v) is 6.26. The Bertz CT molecular complexity index is 944. The molecule has 3 rings (SSSR count). The van der Waals surface area contributed by atoms with Crippen LogP contribution in [0.5, 0.6) is 0 Å². The number of nitrogens with zero attached hydrogens (tertiary/aromatic N) is 5. The maximum atomic E-state index is 12.5. The maximum Gasteiger partial charge on any atom is 0.307 e. The summed E-state index contributed by atoms with van der Waals surface area (Å²) in [7, 11) is 0. The second-order valence-electron chi connectivity index (χ2n) is 6.26. The Kier molecular flexibility index (Phi) is 5.30. The summed E-state index contributed by atoms with van der Waals surface area (Å²) in [4.78, 5) is 22.8. The number of carbonyl (C=O) groups is 1. The summed E-state index contributed by atoms with van der Waals surface area (Å²) < 4.78 is 3.05. The van der Waals surface area contributed by atoms with Crippen molar-refractivity contribution >= 4 is 17.3 Å². The molecule has 9 heteroatoms. The van der Waals surface area contributed by atoms with E-state index in [1.165, 1.54) is 16.4 Å². The molecule has 0 radical (unpaired) electrons. The molecule has 0 saturated heterocycles. The zero-order valence-electron chi connectivity index (χ0n) is 15.1. The lowest BCUT2D eigenvalue weighted by Crippen LogP contribution is -2.25. The molecule has 0 spiro atoms. The summed E-state index contributed by atoms with van der Waals surface area (Å²) in [5.74, 6) is -0.301. The van der Waals surface area contributed by atoms with Crippen molar-refractivity contribution in [3.8, 4) is 0 Å². The van der Waals surface area contributed by atoms with Crippen molar-refractivity contribution in [3.63, 3.8) is 0 Å². The van der Waals surface area contributed by atoms with Gasteiger partial charge in [0.15, 0.2) is 0 Å². The zero-order chi connectivity index (χ0) is 19.4. The second kappa shape index (κ2) is 7.81. The van der Waals surface area contributed by atoms with Gasteiger partial charge in [-0.05, 0) is 18.9 Å². The standard InChI is InChI=1S/C18H20N6O3/c1-3-17(23-12-16(9-20-23)24(26)27)18(25)21-15-8-19-22(11-15)10-14-6-4-13(2)5-7-14/h4-9,11-12,17H,3,10H2,1-2H3,(H,21,25). The van der Waals surface area contributed by atoms with Crippen molar-refractivity contribution in [2.24, 2.45) is 0 Å². The first-order chi connectivity index (χ1) is 13.0. The van der Waals surface area contributed by atoms with Gasteiger partial charge in [0.25, 0.3) is 0 Å². The highest BCUT2D eigenvalue weighted by Gasteiger charge is 2.22. The van der Waals surface area contributed by atoms with Gasteiger partial charge in [-0.2, -0.15) is 10.2 Å². The Morgan fingerprint density at radius 1 is 1.22 bits per heavy atom. The van der Waals surface area contributed by atoms with Crippen LogP contribution in [0.1, 0.15) is 30.5 Å². The van der Waals surface area contributed by atoms with Gasteiger partial charge in [-0.1, -0.05) is 36.8 Å². The molecule has 0 fully saturated rings. The van der Waals surface area contributed by atoms with E-state index in [0.29, 0.717) is 18.7 Å². The SMILES string of the molecule is CCC(C(=O)Nc1cnn(Cc2ccc(C)cc2)c1)n1cc([N+](=O)[O-])cn1. The molecule has 9 nitrogen and oxygen atoms in total. The molecule has 1 unspecified atom stereocenters. The molecule has 0 saturated carbocycles. The minimum Gasteiger partial charge on any atom is -0.322 e. The third-order valence-electron chi connectivity index (χ3n) is 4.17. The number of amides is 1. The zero-order valence-corrected chi connectivity index (χ0v) is 15.1. The molecule has 1 aromatic carbocycles. The van der Waals surface area contributed by atoms with Crippen LogP contribution >= 0.6 is 0 Å². The van der Waals surface area contributed by atoms with Gasteiger partial charge in [0.2, 0.25) is 5.91 Å². The number of hydrogen-bond acceptors (Lipinski definition) is 5.